The molecule has 0 radical (unpaired) electrons. The highest BCUT2D eigenvalue weighted by Crippen LogP contribution is 2.19. The minimum absolute atomic E-state index is 0.0332. The number of hydrogen-bond donors (Lipinski definition) is 0. The van der Waals surface area contributed by atoms with Gasteiger partial charge in [-0.15, -0.1) is 0 Å². The predicted octanol–water partition coefficient (Wildman–Crippen LogP) is 2.37. The van der Waals surface area contributed by atoms with Crippen LogP contribution in [0.5, 0.6) is 5.75 Å². The van der Waals surface area contributed by atoms with Gasteiger partial charge < -0.3 is 14.1 Å². The average Bonchev–Trinajstić information content (AvgIpc) is 3.02. The van der Waals surface area contributed by atoms with Crippen molar-refractivity contribution in [2.24, 2.45) is 0 Å². The number of carbonyl (C=O) groups excluding carboxylic acids is 1. The molecule has 0 bridgehead atoms. The Kier molecular flexibility index (Phi) is 4.10. The lowest BCUT2D eigenvalue weighted by Gasteiger charge is -2.39. The molecule has 1 fully saturated rings. The van der Waals surface area contributed by atoms with Gasteiger partial charge in [0, 0.05) is 6.42 Å². The van der Waals surface area contributed by atoms with E-state index in [-0.39, 0.29) is 12.0 Å². The van der Waals surface area contributed by atoms with Crippen LogP contribution < -0.4 is 4.74 Å². The first kappa shape index (κ1) is 14.2. The van der Waals surface area contributed by atoms with Gasteiger partial charge in [0.25, 0.3) is 0 Å². The second-order valence-corrected chi connectivity index (χ2v) is 5.31. The van der Waals surface area contributed by atoms with Crippen LogP contribution in [0.3, 0.4) is 0 Å². The molecule has 1 amide bonds. The number of ether oxygens (including phenoxy) is 1. The van der Waals surface area contributed by atoms with E-state index in [9.17, 15) is 4.79 Å². The Hall–Kier alpha value is -2.74. The van der Waals surface area contributed by atoms with Crippen LogP contribution in [0.15, 0.2) is 47.3 Å². The molecule has 5 heteroatoms. The molecular weight excluding hydrogens is 280 g/mol. The summed E-state index contributed by atoms with van der Waals surface area (Å²) in [5.41, 5.74) is 1.65. The first-order valence-corrected chi connectivity index (χ1v) is 7.20. The van der Waals surface area contributed by atoms with Crippen molar-refractivity contribution in [3.63, 3.8) is 0 Å². The van der Waals surface area contributed by atoms with Gasteiger partial charge in [0.15, 0.2) is 0 Å². The maximum absolute atomic E-state index is 12.0. The summed E-state index contributed by atoms with van der Waals surface area (Å²) < 4.78 is 10.7. The second-order valence-electron chi connectivity index (χ2n) is 5.31. The monoisotopic (exact) mass is 296 g/mol. The van der Waals surface area contributed by atoms with Crippen molar-refractivity contribution >= 4 is 5.91 Å². The second kappa shape index (κ2) is 6.35. The van der Waals surface area contributed by atoms with Gasteiger partial charge in [0.05, 0.1) is 37.2 Å². The van der Waals surface area contributed by atoms with Crippen LogP contribution in [-0.4, -0.2) is 30.0 Å². The fourth-order valence-corrected chi connectivity index (χ4v) is 2.36. The molecule has 0 saturated carbocycles. The van der Waals surface area contributed by atoms with Crippen LogP contribution >= 0.6 is 0 Å². The number of furan rings is 1. The molecule has 0 N–H and O–H groups in total. The summed E-state index contributed by atoms with van der Waals surface area (Å²) in [5.74, 6) is 0.871. The van der Waals surface area contributed by atoms with Crippen molar-refractivity contribution in [1.82, 2.24) is 4.90 Å². The minimum atomic E-state index is 0.0332. The zero-order valence-corrected chi connectivity index (χ0v) is 12.1. The molecule has 1 aromatic carbocycles. The molecule has 2 aromatic rings. The fourth-order valence-electron chi connectivity index (χ4n) is 2.36. The first-order valence-electron chi connectivity index (χ1n) is 7.20. The lowest BCUT2D eigenvalue weighted by atomic mass is 10.1. The van der Waals surface area contributed by atoms with Crippen molar-refractivity contribution in [1.29, 1.82) is 5.26 Å². The van der Waals surface area contributed by atoms with Gasteiger partial charge in [-0.1, -0.05) is 0 Å². The van der Waals surface area contributed by atoms with Crippen LogP contribution in [0.4, 0.5) is 0 Å². The molecule has 1 saturated heterocycles. The zero-order valence-electron chi connectivity index (χ0n) is 12.1. The number of hydrogen-bond acceptors (Lipinski definition) is 4. The van der Waals surface area contributed by atoms with Crippen LogP contribution in [0, 0.1) is 11.3 Å². The van der Waals surface area contributed by atoms with Crippen molar-refractivity contribution in [3.8, 4) is 11.8 Å². The predicted molar refractivity (Wildman–Crippen MR) is 79.2 cm³/mol. The van der Waals surface area contributed by atoms with Crippen molar-refractivity contribution in [2.75, 3.05) is 13.1 Å². The minimum Gasteiger partial charge on any atom is -0.487 e. The molecular formula is C17H16N2O3. The third kappa shape index (κ3) is 3.29. The van der Waals surface area contributed by atoms with Crippen molar-refractivity contribution < 1.29 is 13.9 Å². The molecule has 0 spiro atoms. The Balaban J connectivity index is 1.41. The number of nitrogens with zero attached hydrogens (tertiary/aromatic N) is 2. The first-order chi connectivity index (χ1) is 10.7. The Morgan fingerprint density at radius 2 is 2.09 bits per heavy atom. The Morgan fingerprint density at radius 1 is 1.32 bits per heavy atom. The lowest BCUT2D eigenvalue weighted by molar-refractivity contribution is -0.139. The number of likely N-dealkylation sites (tertiary alicyclic amines) is 1. The highest BCUT2D eigenvalue weighted by molar-refractivity contribution is 5.77. The topological polar surface area (TPSA) is 66.5 Å². The number of amides is 1. The zero-order chi connectivity index (χ0) is 15.4. The molecule has 0 atom stereocenters. The van der Waals surface area contributed by atoms with Crippen LogP contribution in [0.1, 0.15) is 17.5 Å². The summed E-state index contributed by atoms with van der Waals surface area (Å²) >= 11 is 0. The van der Waals surface area contributed by atoms with E-state index in [1.165, 1.54) is 0 Å². The summed E-state index contributed by atoms with van der Waals surface area (Å²) in [6.07, 6.45) is 4.51. The maximum Gasteiger partial charge on any atom is 0.223 e. The maximum atomic E-state index is 12.0. The summed E-state index contributed by atoms with van der Waals surface area (Å²) in [7, 11) is 0. The Bertz CT molecular complexity index is 665. The number of aryl methyl sites for hydroxylation is 1. The number of rotatable bonds is 5. The molecule has 3 rings (SSSR count). The van der Waals surface area contributed by atoms with E-state index in [0.717, 1.165) is 11.3 Å². The van der Waals surface area contributed by atoms with E-state index < -0.39 is 0 Å². The molecule has 22 heavy (non-hydrogen) atoms. The Morgan fingerprint density at radius 3 is 2.73 bits per heavy atom. The molecule has 0 aliphatic carbocycles. The standard InChI is InChI=1S/C17H16N2O3/c18-9-13-1-4-15(5-2-13)22-16-10-19(11-16)17(20)6-3-14-7-8-21-12-14/h1-2,4-5,7-8,12,16H,3,6,10-11H2. The normalized spacial score (nSPS) is 14.2. The molecule has 1 aliphatic heterocycles. The third-order valence-corrected chi connectivity index (χ3v) is 3.69. The van der Waals surface area contributed by atoms with Gasteiger partial charge in [0.2, 0.25) is 5.91 Å². The SMILES string of the molecule is N#Cc1ccc(OC2CN(C(=O)CCc3ccoc3)C2)cc1. The van der Waals surface area contributed by atoms with E-state index in [1.54, 1.807) is 41.7 Å². The molecule has 0 unspecified atom stereocenters. The largest absolute Gasteiger partial charge is 0.487 e. The quantitative estimate of drug-likeness (QED) is 0.849. The van der Waals surface area contributed by atoms with E-state index in [0.29, 0.717) is 31.5 Å². The van der Waals surface area contributed by atoms with Gasteiger partial charge >= 0.3 is 0 Å². The summed E-state index contributed by atoms with van der Waals surface area (Å²) in [6, 6.07) is 11.0. The van der Waals surface area contributed by atoms with Gasteiger partial charge in [-0.25, -0.2) is 0 Å². The average molecular weight is 296 g/mol. The van der Waals surface area contributed by atoms with Crippen molar-refractivity contribution in [3.05, 3.63) is 54.0 Å². The van der Waals surface area contributed by atoms with Crippen molar-refractivity contribution in [2.45, 2.75) is 18.9 Å². The van der Waals surface area contributed by atoms with Crippen LogP contribution in [0.2, 0.25) is 0 Å². The highest BCUT2D eigenvalue weighted by atomic mass is 16.5. The van der Waals surface area contributed by atoms with E-state index in [2.05, 4.69) is 6.07 Å². The Labute approximate surface area is 128 Å². The van der Waals surface area contributed by atoms with Crippen LogP contribution in [0.25, 0.3) is 0 Å². The highest BCUT2D eigenvalue weighted by Gasteiger charge is 2.31. The number of benzene rings is 1. The summed E-state index contributed by atoms with van der Waals surface area (Å²) in [6.45, 7) is 1.23. The van der Waals surface area contributed by atoms with Crippen LogP contribution in [-0.2, 0) is 11.2 Å². The molecule has 1 aliphatic rings. The van der Waals surface area contributed by atoms with E-state index in [4.69, 9.17) is 14.4 Å². The molecule has 2 heterocycles. The van der Waals surface area contributed by atoms with Gasteiger partial charge in [-0.05, 0) is 42.3 Å². The molecule has 112 valence electrons. The van der Waals surface area contributed by atoms with Gasteiger partial charge in [0.1, 0.15) is 11.9 Å². The molecule has 5 nitrogen and oxygen atoms in total. The van der Waals surface area contributed by atoms with Gasteiger partial charge in [-0.2, -0.15) is 5.26 Å². The summed E-state index contributed by atoms with van der Waals surface area (Å²) in [4.78, 5) is 13.8. The lowest BCUT2D eigenvalue weighted by Crippen LogP contribution is -2.56. The fraction of sp³-hybridized carbons (Fsp3) is 0.294. The smallest absolute Gasteiger partial charge is 0.223 e. The number of carbonyl (C=O) groups is 1. The van der Waals surface area contributed by atoms with E-state index in [1.807, 2.05) is 6.07 Å². The van der Waals surface area contributed by atoms with Gasteiger partial charge in [-0.3, -0.25) is 4.79 Å². The summed E-state index contributed by atoms with van der Waals surface area (Å²) in [5, 5.41) is 8.74. The number of nitriles is 1. The van der Waals surface area contributed by atoms with E-state index >= 15 is 0 Å². The molecule has 1 aromatic heterocycles. The third-order valence-electron chi connectivity index (χ3n) is 3.69.